The second-order valence-electron chi connectivity index (χ2n) is 7.17. The van der Waals surface area contributed by atoms with Crippen LogP contribution in [-0.4, -0.2) is 23.6 Å². The minimum absolute atomic E-state index is 0.173. The molecule has 1 aliphatic rings. The Morgan fingerprint density at radius 3 is 2.59 bits per heavy atom. The Labute approximate surface area is 179 Å². The molecule has 1 amide bonds. The molecule has 0 spiro atoms. The number of anilines is 3. The van der Waals surface area contributed by atoms with Crippen LogP contribution in [0.4, 0.5) is 34.6 Å². The highest BCUT2D eigenvalue weighted by Crippen LogP contribution is 2.39. The second kappa shape index (κ2) is 8.03. The summed E-state index contributed by atoms with van der Waals surface area (Å²) in [4.78, 5) is 26.8. The quantitative estimate of drug-likeness (QED) is 0.608. The van der Waals surface area contributed by atoms with Crippen LogP contribution in [0.15, 0.2) is 59.5 Å². The Morgan fingerprint density at radius 1 is 1.09 bits per heavy atom. The van der Waals surface area contributed by atoms with Crippen LogP contribution in [0.1, 0.15) is 15.9 Å². The molecule has 10 heteroatoms. The van der Waals surface area contributed by atoms with Crippen LogP contribution in [0.5, 0.6) is 5.75 Å². The number of aromatic nitrogens is 1. The molecule has 32 heavy (non-hydrogen) atoms. The van der Waals surface area contributed by atoms with Crippen molar-refractivity contribution in [1.82, 2.24) is 4.57 Å². The van der Waals surface area contributed by atoms with Crippen LogP contribution < -0.4 is 20.5 Å². The van der Waals surface area contributed by atoms with Gasteiger partial charge in [-0.05, 0) is 30.3 Å². The fourth-order valence-corrected chi connectivity index (χ4v) is 3.44. The normalized spacial score (nSPS) is 13.3. The summed E-state index contributed by atoms with van der Waals surface area (Å²) in [5, 5.41) is 2.51. The number of nitrogens with one attached hydrogen (secondary N) is 1. The second-order valence-corrected chi connectivity index (χ2v) is 7.17. The number of carbonyl (C=O) groups is 1. The summed E-state index contributed by atoms with van der Waals surface area (Å²) in [6, 6.07) is 10.0. The minimum Gasteiger partial charge on any atom is -0.490 e. The lowest BCUT2D eigenvalue weighted by Gasteiger charge is -2.32. The predicted molar refractivity (Wildman–Crippen MR) is 110 cm³/mol. The zero-order valence-electron chi connectivity index (χ0n) is 16.7. The summed E-state index contributed by atoms with van der Waals surface area (Å²) >= 11 is 0. The third-order valence-corrected chi connectivity index (χ3v) is 4.96. The number of benzene rings is 2. The molecule has 166 valence electrons. The number of aryl methyl sites for hydroxylation is 1. The van der Waals surface area contributed by atoms with Gasteiger partial charge in [0.2, 0.25) is 0 Å². The van der Waals surface area contributed by atoms with E-state index in [0.29, 0.717) is 42.4 Å². The number of nitrogens with zero attached hydrogens (tertiary/aromatic N) is 2. The molecule has 6 nitrogen and oxygen atoms in total. The lowest BCUT2D eigenvalue weighted by Crippen LogP contribution is -2.31. The van der Waals surface area contributed by atoms with Crippen molar-refractivity contribution in [2.24, 2.45) is 7.05 Å². The Morgan fingerprint density at radius 2 is 1.84 bits per heavy atom. The molecule has 0 bridgehead atoms. The molecule has 0 saturated carbocycles. The standard InChI is InChI=1S/C22H17F4N3O3/c1-28-12-16(27-21(31)13-8-14(22(24,25)26)10-15(23)9-13)18(11-20(28)30)29-6-7-32-19-5-3-2-4-17(19)29/h2-5,8-12H,6-7H2,1H3,(H,27,31). The molecule has 0 atom stereocenters. The highest BCUT2D eigenvalue weighted by atomic mass is 19.4. The first-order valence-electron chi connectivity index (χ1n) is 9.52. The van der Waals surface area contributed by atoms with E-state index in [1.54, 1.807) is 29.2 Å². The van der Waals surface area contributed by atoms with Crippen LogP contribution in [0.25, 0.3) is 0 Å². The lowest BCUT2D eigenvalue weighted by atomic mass is 10.1. The largest absolute Gasteiger partial charge is 0.490 e. The van der Waals surface area contributed by atoms with E-state index in [4.69, 9.17) is 4.74 Å². The number of alkyl halides is 3. The minimum atomic E-state index is -4.81. The molecule has 0 aliphatic carbocycles. The maximum Gasteiger partial charge on any atom is 0.416 e. The first kappa shape index (κ1) is 21.4. The zero-order valence-corrected chi connectivity index (χ0v) is 16.7. The number of halogens is 4. The molecule has 1 N–H and O–H groups in total. The van der Waals surface area contributed by atoms with Crippen LogP contribution in [-0.2, 0) is 13.2 Å². The molecule has 0 radical (unpaired) electrons. The van der Waals surface area contributed by atoms with E-state index in [2.05, 4.69) is 5.32 Å². The molecule has 1 aromatic heterocycles. The Bertz CT molecular complexity index is 1250. The van der Waals surface area contributed by atoms with E-state index in [0.717, 1.165) is 6.07 Å². The molecular formula is C22H17F4N3O3. The van der Waals surface area contributed by atoms with Gasteiger partial charge in [-0.1, -0.05) is 12.1 Å². The average molecular weight is 447 g/mol. The Hall–Kier alpha value is -3.82. The van der Waals surface area contributed by atoms with Gasteiger partial charge in [0.1, 0.15) is 18.2 Å². The van der Waals surface area contributed by atoms with Crippen LogP contribution >= 0.6 is 0 Å². The van der Waals surface area contributed by atoms with Crippen LogP contribution in [0.2, 0.25) is 0 Å². The molecule has 3 aromatic rings. The third-order valence-electron chi connectivity index (χ3n) is 4.96. The first-order chi connectivity index (χ1) is 15.1. The van der Waals surface area contributed by atoms with Gasteiger partial charge in [-0.3, -0.25) is 9.59 Å². The SMILES string of the molecule is Cn1cc(NC(=O)c2cc(F)cc(C(F)(F)F)c2)c(N2CCOc3ccccc32)cc1=O. The monoisotopic (exact) mass is 447 g/mol. The van der Waals surface area contributed by atoms with Crippen molar-refractivity contribution >= 4 is 23.0 Å². The number of hydrogen-bond donors (Lipinski definition) is 1. The number of carbonyl (C=O) groups excluding carboxylic acids is 1. The van der Waals surface area contributed by atoms with Crippen LogP contribution in [0, 0.1) is 5.82 Å². The molecule has 1 aliphatic heterocycles. The fraction of sp³-hybridized carbons (Fsp3) is 0.182. The van der Waals surface area contributed by atoms with Gasteiger partial charge >= 0.3 is 6.18 Å². The predicted octanol–water partition coefficient (Wildman–Crippen LogP) is 4.33. The number of rotatable bonds is 3. The number of amides is 1. The molecule has 4 rings (SSSR count). The van der Waals surface area contributed by atoms with Crippen molar-refractivity contribution in [3.8, 4) is 5.75 Å². The summed E-state index contributed by atoms with van der Waals surface area (Å²) in [6.45, 7) is 0.684. The number of hydrogen-bond acceptors (Lipinski definition) is 4. The van der Waals surface area contributed by atoms with Crippen molar-refractivity contribution in [2.75, 3.05) is 23.4 Å². The van der Waals surface area contributed by atoms with Crippen molar-refractivity contribution in [2.45, 2.75) is 6.18 Å². The van der Waals surface area contributed by atoms with Gasteiger partial charge in [0.15, 0.2) is 0 Å². The molecule has 0 saturated heterocycles. The van der Waals surface area contributed by atoms with Crippen molar-refractivity contribution in [3.05, 3.63) is 82.0 Å². The highest BCUT2D eigenvalue weighted by Gasteiger charge is 2.32. The van der Waals surface area contributed by atoms with E-state index < -0.39 is 29.0 Å². The summed E-state index contributed by atoms with van der Waals surface area (Å²) < 4.78 is 59.7. The van der Waals surface area contributed by atoms with Crippen molar-refractivity contribution in [1.29, 1.82) is 0 Å². The molecule has 2 aromatic carbocycles. The van der Waals surface area contributed by atoms with Gasteiger partial charge in [-0.2, -0.15) is 13.2 Å². The summed E-state index contributed by atoms with van der Waals surface area (Å²) in [7, 11) is 1.47. The van der Waals surface area contributed by atoms with Crippen molar-refractivity contribution in [3.63, 3.8) is 0 Å². The van der Waals surface area contributed by atoms with Gasteiger partial charge in [0.05, 0.1) is 29.2 Å². The van der Waals surface area contributed by atoms with Gasteiger partial charge in [-0.25, -0.2) is 4.39 Å². The van der Waals surface area contributed by atoms with Crippen LogP contribution in [0.3, 0.4) is 0 Å². The molecule has 0 fully saturated rings. The average Bonchev–Trinajstić information content (AvgIpc) is 2.74. The van der Waals surface area contributed by atoms with E-state index in [-0.39, 0.29) is 11.2 Å². The number of pyridine rings is 1. The van der Waals surface area contributed by atoms with Gasteiger partial charge in [0.25, 0.3) is 11.5 Å². The zero-order chi connectivity index (χ0) is 23.0. The number of para-hydroxylation sites is 2. The Kier molecular flexibility index (Phi) is 5.37. The highest BCUT2D eigenvalue weighted by molar-refractivity contribution is 6.06. The van der Waals surface area contributed by atoms with E-state index in [1.165, 1.54) is 23.9 Å². The molecule has 0 unspecified atom stereocenters. The van der Waals surface area contributed by atoms with E-state index in [9.17, 15) is 27.2 Å². The summed E-state index contributed by atoms with van der Waals surface area (Å²) in [5.41, 5.74) is -0.957. The first-order valence-corrected chi connectivity index (χ1v) is 9.52. The topological polar surface area (TPSA) is 63.6 Å². The maximum absolute atomic E-state index is 13.8. The van der Waals surface area contributed by atoms with Gasteiger partial charge in [0, 0.05) is 24.9 Å². The fourth-order valence-electron chi connectivity index (χ4n) is 3.44. The Balaban J connectivity index is 1.75. The van der Waals surface area contributed by atoms with Crippen molar-refractivity contribution < 1.29 is 27.1 Å². The van der Waals surface area contributed by atoms with E-state index >= 15 is 0 Å². The summed E-state index contributed by atoms with van der Waals surface area (Å²) in [6.07, 6.45) is -3.45. The third kappa shape index (κ3) is 4.16. The smallest absolute Gasteiger partial charge is 0.416 e. The molecule has 2 heterocycles. The van der Waals surface area contributed by atoms with Gasteiger partial charge < -0.3 is 19.5 Å². The summed E-state index contributed by atoms with van der Waals surface area (Å²) in [5.74, 6) is -1.55. The maximum atomic E-state index is 13.8. The number of fused-ring (bicyclic) bond motifs is 1. The van der Waals surface area contributed by atoms with Gasteiger partial charge in [-0.15, -0.1) is 0 Å². The van der Waals surface area contributed by atoms with E-state index in [1.807, 2.05) is 0 Å². The molecular weight excluding hydrogens is 430 g/mol. The lowest BCUT2D eigenvalue weighted by molar-refractivity contribution is -0.137. The number of ether oxygens (including phenoxy) is 1.